The van der Waals surface area contributed by atoms with E-state index in [0.717, 1.165) is 0 Å². The van der Waals surface area contributed by atoms with Crippen LogP contribution < -0.4 is 5.73 Å². The minimum atomic E-state index is -1.97. The molecule has 1 saturated carbocycles. The van der Waals surface area contributed by atoms with Gasteiger partial charge < -0.3 is 49.8 Å². The largest absolute Gasteiger partial charge is 0.467 e. The van der Waals surface area contributed by atoms with Crippen LogP contribution in [0.25, 0.3) is 0 Å². The highest BCUT2D eigenvalue weighted by Gasteiger charge is 2.86. The molecule has 0 radical (unpaired) electrons. The van der Waals surface area contributed by atoms with Crippen molar-refractivity contribution in [3.05, 3.63) is 0 Å². The normalized spacial score (nSPS) is 57.0. The third kappa shape index (κ3) is 3.55. The smallest absolute Gasteiger partial charge is 0.338 e. The fourth-order valence-electron chi connectivity index (χ4n) is 8.74. The molecule has 11 atom stereocenters. The maximum Gasteiger partial charge on any atom is 0.338 e. The van der Waals surface area contributed by atoms with Gasteiger partial charge in [0.05, 0.1) is 37.9 Å². The Morgan fingerprint density at radius 2 is 1.37 bits per heavy atom. The molecule has 3 aliphatic rings. The first-order chi connectivity index (χ1) is 18.2. The Kier molecular flexibility index (Phi) is 7.86. The monoisotopic (exact) mass is 589 g/mol. The van der Waals surface area contributed by atoms with Crippen molar-refractivity contribution in [1.29, 1.82) is 0 Å². The second kappa shape index (κ2) is 9.31. The molecule has 0 bridgehead atoms. The Bertz CT molecular complexity index is 1070. The van der Waals surface area contributed by atoms with E-state index < -0.39 is 80.4 Å². The van der Waals surface area contributed by atoms with Crippen LogP contribution in [0.3, 0.4) is 0 Å². The summed E-state index contributed by atoms with van der Waals surface area (Å²) in [6.07, 6.45) is 0.345. The zero-order valence-electron chi connectivity index (χ0n) is 27.4. The average molecular weight is 590 g/mol. The summed E-state index contributed by atoms with van der Waals surface area (Å²) < 4.78 is 29.9. The lowest BCUT2D eigenvalue weighted by molar-refractivity contribution is -0.488. The lowest BCUT2D eigenvalue weighted by Gasteiger charge is -2.80. The number of ether oxygens (including phenoxy) is 5. The molecule has 11 nitrogen and oxygen atoms in total. The molecule has 6 N–H and O–H groups in total. The van der Waals surface area contributed by atoms with Crippen molar-refractivity contribution in [2.24, 2.45) is 22.0 Å². The van der Waals surface area contributed by atoms with E-state index >= 15 is 0 Å². The Morgan fingerprint density at radius 3 is 1.80 bits per heavy atom. The molecule has 2 aliphatic heterocycles. The lowest BCUT2D eigenvalue weighted by Crippen LogP contribution is -2.92. The van der Waals surface area contributed by atoms with Crippen LogP contribution in [0.1, 0.15) is 89.0 Å². The van der Waals surface area contributed by atoms with E-state index in [9.17, 15) is 25.2 Å². The molecule has 0 spiro atoms. The van der Waals surface area contributed by atoms with Crippen LogP contribution in [-0.2, 0) is 28.5 Å². The zero-order valence-corrected chi connectivity index (χ0v) is 27.4. The summed E-state index contributed by atoms with van der Waals surface area (Å²) in [6.45, 7) is 17.9. The standard InChI is InChI=1S/C30H55NO10/c1-14-20(2)25(7,19(33)38-13)41-24(6,29(11,35)28(20,10)34)18-39-30(36)15-21(3)26(30,8)22(4,16-32)40-23(5,17-37-12)27(21,9)31/h32,34-36H,14-18,31H2,1-13H3. The maximum absolute atomic E-state index is 13.2. The molecule has 0 aromatic heterocycles. The Labute approximate surface area is 245 Å². The molecule has 11 heteroatoms. The quantitative estimate of drug-likeness (QED) is 0.206. The lowest BCUT2D eigenvalue weighted by atomic mass is 9.33. The van der Waals surface area contributed by atoms with Crippen LogP contribution in [0.2, 0.25) is 0 Å². The zero-order chi connectivity index (χ0) is 32.1. The van der Waals surface area contributed by atoms with Crippen molar-refractivity contribution in [2.75, 3.05) is 34.0 Å². The first kappa shape index (κ1) is 34.6. The summed E-state index contributed by atoms with van der Waals surface area (Å²) in [7, 11) is 2.79. The maximum atomic E-state index is 13.2. The molecular formula is C30H55NO10. The third-order valence-corrected chi connectivity index (χ3v) is 13.4. The number of aliphatic hydroxyl groups is 4. The predicted molar refractivity (Wildman–Crippen MR) is 151 cm³/mol. The van der Waals surface area contributed by atoms with Crippen LogP contribution in [0.4, 0.5) is 0 Å². The number of aliphatic hydroxyl groups excluding tert-OH is 1. The van der Waals surface area contributed by atoms with E-state index in [1.807, 2.05) is 20.8 Å². The van der Waals surface area contributed by atoms with Gasteiger partial charge >= 0.3 is 5.97 Å². The highest BCUT2D eigenvalue weighted by atomic mass is 16.7. The van der Waals surface area contributed by atoms with E-state index in [-0.39, 0.29) is 19.4 Å². The van der Waals surface area contributed by atoms with Crippen molar-refractivity contribution in [2.45, 2.75) is 134 Å². The number of hydrogen-bond acceptors (Lipinski definition) is 11. The predicted octanol–water partition coefficient (Wildman–Crippen LogP) is 1.65. The molecule has 3 fully saturated rings. The Hall–Kier alpha value is -0.890. The first-order valence-corrected chi connectivity index (χ1v) is 14.4. The van der Waals surface area contributed by atoms with Gasteiger partial charge in [-0.05, 0) is 54.9 Å². The number of carbonyl (C=O) groups excluding carboxylic acids is 1. The van der Waals surface area contributed by atoms with Gasteiger partial charge in [0.15, 0.2) is 11.4 Å². The third-order valence-electron chi connectivity index (χ3n) is 13.4. The van der Waals surface area contributed by atoms with Crippen molar-refractivity contribution < 1.29 is 48.9 Å². The van der Waals surface area contributed by atoms with Crippen LogP contribution in [-0.4, -0.2) is 105 Å². The molecular weight excluding hydrogens is 534 g/mol. The van der Waals surface area contributed by atoms with Crippen molar-refractivity contribution in [1.82, 2.24) is 0 Å². The highest BCUT2D eigenvalue weighted by molar-refractivity contribution is 5.81. The van der Waals surface area contributed by atoms with E-state index in [0.29, 0.717) is 0 Å². The summed E-state index contributed by atoms with van der Waals surface area (Å²) in [4.78, 5) is 13.2. The van der Waals surface area contributed by atoms with E-state index in [1.54, 1.807) is 34.8 Å². The first-order valence-electron chi connectivity index (χ1n) is 14.4. The second-order valence-electron chi connectivity index (χ2n) is 14.8. The minimum absolute atomic E-state index is 0.0668. The number of hydrogen-bond donors (Lipinski definition) is 5. The number of carbonyl (C=O) groups is 1. The van der Waals surface area contributed by atoms with Gasteiger partial charge in [0.1, 0.15) is 28.0 Å². The summed E-state index contributed by atoms with van der Waals surface area (Å²) in [5, 5.41) is 46.9. The fraction of sp³-hybridized carbons (Fsp3) is 0.967. The summed E-state index contributed by atoms with van der Waals surface area (Å²) in [5.41, 5.74) is -6.96. The number of esters is 1. The fourth-order valence-corrected chi connectivity index (χ4v) is 8.74. The Balaban J connectivity index is 2.10. The minimum Gasteiger partial charge on any atom is -0.467 e. The van der Waals surface area contributed by atoms with Crippen molar-refractivity contribution in [3.63, 3.8) is 0 Å². The van der Waals surface area contributed by atoms with Gasteiger partial charge in [-0.15, -0.1) is 0 Å². The second-order valence-corrected chi connectivity index (χ2v) is 14.8. The molecule has 0 amide bonds. The number of fused-ring (bicyclic) bond motifs is 1. The van der Waals surface area contributed by atoms with Gasteiger partial charge in [-0.2, -0.15) is 0 Å². The van der Waals surface area contributed by atoms with Crippen LogP contribution in [0.5, 0.6) is 0 Å². The van der Waals surface area contributed by atoms with Gasteiger partial charge in [0, 0.05) is 24.4 Å². The van der Waals surface area contributed by atoms with Gasteiger partial charge in [0.25, 0.3) is 0 Å². The van der Waals surface area contributed by atoms with Gasteiger partial charge in [-0.25, -0.2) is 4.79 Å². The van der Waals surface area contributed by atoms with E-state index in [4.69, 9.17) is 29.4 Å². The molecule has 0 aromatic carbocycles. The average Bonchev–Trinajstić information content (AvgIpc) is 2.88. The van der Waals surface area contributed by atoms with Crippen molar-refractivity contribution >= 4 is 5.97 Å². The summed E-state index contributed by atoms with van der Waals surface area (Å²) in [5.74, 6) is -2.62. The van der Waals surface area contributed by atoms with Gasteiger partial charge in [0.2, 0.25) is 0 Å². The van der Waals surface area contributed by atoms with Gasteiger partial charge in [-0.3, -0.25) is 0 Å². The molecule has 240 valence electrons. The van der Waals surface area contributed by atoms with Gasteiger partial charge in [-0.1, -0.05) is 27.7 Å². The topological polar surface area (TPSA) is 170 Å². The van der Waals surface area contributed by atoms with E-state index in [2.05, 4.69) is 0 Å². The SMILES string of the molecule is CCC1(C)C(C)(C(=O)OC)OC(C)(COC2(O)CC3(C)C(C)(N)C(C)(COC)OC(C)(CO)C23C)C(C)(O)C1(C)O. The molecule has 41 heavy (non-hydrogen) atoms. The van der Waals surface area contributed by atoms with E-state index in [1.165, 1.54) is 34.8 Å². The number of methoxy groups -OCH3 is 2. The molecule has 3 rings (SSSR count). The van der Waals surface area contributed by atoms with Crippen molar-refractivity contribution in [3.8, 4) is 0 Å². The van der Waals surface area contributed by atoms with Crippen LogP contribution in [0, 0.1) is 16.2 Å². The molecule has 2 saturated heterocycles. The number of rotatable bonds is 8. The molecule has 11 unspecified atom stereocenters. The van der Waals surface area contributed by atoms with Crippen LogP contribution in [0.15, 0.2) is 0 Å². The Morgan fingerprint density at radius 1 is 0.829 bits per heavy atom. The summed E-state index contributed by atoms with van der Waals surface area (Å²) >= 11 is 0. The number of nitrogens with two attached hydrogens (primary N) is 1. The molecule has 1 aliphatic carbocycles. The molecule has 2 heterocycles. The summed E-state index contributed by atoms with van der Waals surface area (Å²) in [6, 6.07) is 0. The highest BCUT2D eigenvalue weighted by Crippen LogP contribution is 2.76. The van der Waals surface area contributed by atoms with Crippen LogP contribution >= 0.6 is 0 Å². The molecule has 0 aromatic rings.